The minimum atomic E-state index is -0.430. The molecule has 1 nitrogen and oxygen atoms in total. The molecule has 3 atom stereocenters. The number of aliphatic hydroxyl groups is 1. The van der Waals surface area contributed by atoms with E-state index in [0.29, 0.717) is 11.8 Å². The van der Waals surface area contributed by atoms with Gasteiger partial charge < -0.3 is 5.11 Å². The third-order valence-corrected chi connectivity index (χ3v) is 3.47. The molecule has 1 unspecified atom stereocenters. The summed E-state index contributed by atoms with van der Waals surface area (Å²) >= 11 is 0. The van der Waals surface area contributed by atoms with Crippen molar-refractivity contribution in [1.82, 2.24) is 0 Å². The van der Waals surface area contributed by atoms with Crippen LogP contribution < -0.4 is 0 Å². The average molecular weight is 182 g/mol. The smallest absolute Gasteiger partial charge is 0.0650 e. The van der Waals surface area contributed by atoms with Crippen molar-refractivity contribution in [3.05, 3.63) is 12.7 Å². The Morgan fingerprint density at radius 2 is 2.31 bits per heavy atom. The Balaban J connectivity index is 2.59. The van der Waals surface area contributed by atoms with Crippen molar-refractivity contribution >= 4 is 0 Å². The number of hydrogen-bond acceptors (Lipinski definition) is 1. The SMILES string of the molecule is C=CCC(C)[C@@H]1CCCC[C@@]1(C)O. The predicted octanol–water partition coefficient (Wildman–Crippen LogP) is 3.14. The van der Waals surface area contributed by atoms with Crippen LogP contribution in [0, 0.1) is 11.8 Å². The number of rotatable bonds is 3. The molecule has 1 heteroatoms. The van der Waals surface area contributed by atoms with E-state index in [0.717, 1.165) is 12.8 Å². The first kappa shape index (κ1) is 10.8. The maximum absolute atomic E-state index is 10.2. The molecule has 1 aliphatic rings. The van der Waals surface area contributed by atoms with Crippen molar-refractivity contribution in [2.45, 2.75) is 51.6 Å². The highest BCUT2D eigenvalue weighted by Gasteiger charge is 2.36. The molecule has 1 rings (SSSR count). The summed E-state index contributed by atoms with van der Waals surface area (Å²) in [6.07, 6.45) is 7.62. The molecule has 1 fully saturated rings. The molecule has 13 heavy (non-hydrogen) atoms. The molecule has 0 aromatic heterocycles. The second kappa shape index (κ2) is 4.28. The fraction of sp³-hybridized carbons (Fsp3) is 0.833. The van der Waals surface area contributed by atoms with Crippen molar-refractivity contribution in [2.24, 2.45) is 11.8 Å². The first-order valence-corrected chi connectivity index (χ1v) is 5.41. The third kappa shape index (κ3) is 2.57. The van der Waals surface area contributed by atoms with E-state index in [4.69, 9.17) is 0 Å². The summed E-state index contributed by atoms with van der Waals surface area (Å²) in [5.74, 6) is 1.05. The van der Waals surface area contributed by atoms with Gasteiger partial charge in [-0.15, -0.1) is 6.58 Å². The van der Waals surface area contributed by atoms with Gasteiger partial charge in [0.05, 0.1) is 5.60 Å². The zero-order chi connectivity index (χ0) is 9.90. The summed E-state index contributed by atoms with van der Waals surface area (Å²) in [7, 11) is 0. The Labute approximate surface area is 81.9 Å². The van der Waals surface area contributed by atoms with Gasteiger partial charge in [0.25, 0.3) is 0 Å². The van der Waals surface area contributed by atoms with Crippen molar-refractivity contribution in [3.8, 4) is 0 Å². The van der Waals surface area contributed by atoms with Gasteiger partial charge in [0.1, 0.15) is 0 Å². The van der Waals surface area contributed by atoms with Crippen LogP contribution in [-0.4, -0.2) is 10.7 Å². The highest BCUT2D eigenvalue weighted by Crippen LogP contribution is 2.39. The average Bonchev–Trinajstić information content (AvgIpc) is 2.03. The van der Waals surface area contributed by atoms with E-state index in [1.807, 2.05) is 13.0 Å². The molecule has 0 bridgehead atoms. The maximum atomic E-state index is 10.2. The lowest BCUT2D eigenvalue weighted by Gasteiger charge is -2.40. The van der Waals surface area contributed by atoms with E-state index >= 15 is 0 Å². The van der Waals surface area contributed by atoms with Crippen LogP contribution in [0.15, 0.2) is 12.7 Å². The number of allylic oxidation sites excluding steroid dienone is 1. The Kier molecular flexibility index (Phi) is 3.55. The van der Waals surface area contributed by atoms with Gasteiger partial charge in [-0.2, -0.15) is 0 Å². The highest BCUT2D eigenvalue weighted by molar-refractivity contribution is 4.90. The lowest BCUT2D eigenvalue weighted by atomic mass is 9.70. The second-order valence-corrected chi connectivity index (χ2v) is 4.71. The molecular formula is C12H22O. The molecule has 76 valence electrons. The van der Waals surface area contributed by atoms with Gasteiger partial charge in [-0.05, 0) is 38.0 Å². The van der Waals surface area contributed by atoms with Crippen LogP contribution in [0.5, 0.6) is 0 Å². The third-order valence-electron chi connectivity index (χ3n) is 3.47. The summed E-state index contributed by atoms with van der Waals surface area (Å²) in [5.41, 5.74) is -0.430. The van der Waals surface area contributed by atoms with E-state index in [-0.39, 0.29) is 0 Å². The van der Waals surface area contributed by atoms with Crippen molar-refractivity contribution in [3.63, 3.8) is 0 Å². The zero-order valence-corrected chi connectivity index (χ0v) is 8.92. The van der Waals surface area contributed by atoms with Crippen LogP contribution in [0.3, 0.4) is 0 Å². The van der Waals surface area contributed by atoms with Crippen LogP contribution in [0.1, 0.15) is 46.0 Å². The molecule has 1 N–H and O–H groups in total. The van der Waals surface area contributed by atoms with Crippen LogP contribution in [0.25, 0.3) is 0 Å². The van der Waals surface area contributed by atoms with Crippen molar-refractivity contribution in [2.75, 3.05) is 0 Å². The fourth-order valence-corrected chi connectivity index (χ4v) is 2.67. The minimum absolute atomic E-state index is 0.430. The first-order valence-electron chi connectivity index (χ1n) is 5.41. The molecule has 0 amide bonds. The minimum Gasteiger partial charge on any atom is -0.390 e. The van der Waals surface area contributed by atoms with Gasteiger partial charge in [-0.1, -0.05) is 25.8 Å². The largest absolute Gasteiger partial charge is 0.390 e. The van der Waals surface area contributed by atoms with E-state index in [1.54, 1.807) is 0 Å². The van der Waals surface area contributed by atoms with Crippen LogP contribution >= 0.6 is 0 Å². The Hall–Kier alpha value is -0.300. The van der Waals surface area contributed by atoms with Crippen LogP contribution in [0.4, 0.5) is 0 Å². The molecule has 0 spiro atoms. The van der Waals surface area contributed by atoms with E-state index in [9.17, 15) is 5.11 Å². The normalized spacial score (nSPS) is 37.0. The predicted molar refractivity (Wildman–Crippen MR) is 56.6 cm³/mol. The van der Waals surface area contributed by atoms with E-state index in [2.05, 4.69) is 13.5 Å². The quantitative estimate of drug-likeness (QED) is 0.665. The molecule has 0 radical (unpaired) electrons. The monoisotopic (exact) mass is 182 g/mol. The van der Waals surface area contributed by atoms with Crippen LogP contribution in [0.2, 0.25) is 0 Å². The molecule has 0 aromatic carbocycles. The molecule has 0 saturated heterocycles. The van der Waals surface area contributed by atoms with E-state index in [1.165, 1.54) is 19.3 Å². The topological polar surface area (TPSA) is 20.2 Å². The van der Waals surface area contributed by atoms with Gasteiger partial charge in [0.2, 0.25) is 0 Å². The zero-order valence-electron chi connectivity index (χ0n) is 8.92. The van der Waals surface area contributed by atoms with E-state index < -0.39 is 5.60 Å². The summed E-state index contributed by atoms with van der Waals surface area (Å²) in [4.78, 5) is 0. The van der Waals surface area contributed by atoms with Gasteiger partial charge >= 0.3 is 0 Å². The van der Waals surface area contributed by atoms with Gasteiger partial charge in [-0.3, -0.25) is 0 Å². The first-order chi connectivity index (χ1) is 6.08. The summed E-state index contributed by atoms with van der Waals surface area (Å²) in [5, 5.41) is 10.2. The summed E-state index contributed by atoms with van der Waals surface area (Å²) in [6, 6.07) is 0. The molecule has 0 aliphatic heterocycles. The van der Waals surface area contributed by atoms with Crippen LogP contribution in [-0.2, 0) is 0 Å². The second-order valence-electron chi connectivity index (χ2n) is 4.71. The maximum Gasteiger partial charge on any atom is 0.0650 e. The van der Waals surface area contributed by atoms with Gasteiger partial charge in [0, 0.05) is 0 Å². The van der Waals surface area contributed by atoms with Gasteiger partial charge in [-0.25, -0.2) is 0 Å². The molecule has 1 saturated carbocycles. The molecule has 0 aromatic rings. The molecule has 0 heterocycles. The Morgan fingerprint density at radius 1 is 1.62 bits per heavy atom. The lowest BCUT2D eigenvalue weighted by molar-refractivity contribution is -0.0525. The summed E-state index contributed by atoms with van der Waals surface area (Å²) < 4.78 is 0. The molecular weight excluding hydrogens is 160 g/mol. The fourth-order valence-electron chi connectivity index (χ4n) is 2.67. The molecule has 1 aliphatic carbocycles. The highest BCUT2D eigenvalue weighted by atomic mass is 16.3. The Morgan fingerprint density at radius 3 is 2.85 bits per heavy atom. The van der Waals surface area contributed by atoms with Crippen molar-refractivity contribution < 1.29 is 5.11 Å². The van der Waals surface area contributed by atoms with Gasteiger partial charge in [0.15, 0.2) is 0 Å². The Bertz CT molecular complexity index is 172. The summed E-state index contributed by atoms with van der Waals surface area (Å²) in [6.45, 7) is 7.99. The lowest BCUT2D eigenvalue weighted by Crippen LogP contribution is -2.40. The number of hydrogen-bond donors (Lipinski definition) is 1. The van der Waals surface area contributed by atoms with Crippen molar-refractivity contribution in [1.29, 1.82) is 0 Å². The standard InChI is InChI=1S/C12H22O/c1-4-7-10(2)11-8-5-6-9-12(11,3)13/h4,10-11,13H,1,5-9H2,2-3H3/t10?,11-,12+/m0/s1.